The maximum Gasteiger partial charge on any atom is 0.147 e. The van der Waals surface area contributed by atoms with Crippen LogP contribution in [0.15, 0.2) is 0 Å². The first-order valence-corrected chi connectivity index (χ1v) is 5.91. The van der Waals surface area contributed by atoms with Crippen LogP contribution in [0.4, 0.5) is 0 Å². The molecule has 1 heterocycles. The summed E-state index contributed by atoms with van der Waals surface area (Å²) in [6, 6.07) is 0. The Morgan fingerprint density at radius 2 is 0.625 bits per heavy atom. The van der Waals surface area contributed by atoms with E-state index in [-0.39, 0.29) is 10.1 Å². The molecule has 0 radical (unpaired) electrons. The fraction of sp³-hybridized carbons (Fsp3) is 1.00. The van der Waals surface area contributed by atoms with Gasteiger partial charge in [0.05, 0.1) is 0 Å². The van der Waals surface area contributed by atoms with E-state index in [1.807, 2.05) is 55.4 Å². The van der Waals surface area contributed by atoms with Gasteiger partial charge >= 0.3 is 0 Å². The van der Waals surface area contributed by atoms with Crippen LogP contribution in [0, 0.1) is 10.4 Å². The van der Waals surface area contributed by atoms with Gasteiger partial charge in [-0.05, 0) is 55.4 Å². The van der Waals surface area contributed by atoms with Gasteiger partial charge in [0.15, 0.2) is 0 Å². The van der Waals surface area contributed by atoms with Crippen molar-refractivity contribution >= 4 is 0 Å². The number of quaternary nitrogens is 2. The average molecular weight is 230 g/mol. The Bertz CT molecular complexity index is 237. The molecule has 0 aromatic rings. The summed E-state index contributed by atoms with van der Waals surface area (Å²) in [5.41, 5.74) is -2.38. The topological polar surface area (TPSA) is 55.0 Å². The van der Waals surface area contributed by atoms with Gasteiger partial charge in [-0.3, -0.25) is 0 Å². The minimum atomic E-state index is -0.594. The molecule has 1 rings (SSSR count). The van der Waals surface area contributed by atoms with Crippen LogP contribution in [0.5, 0.6) is 0 Å². The summed E-state index contributed by atoms with van der Waals surface area (Å²) in [6.07, 6.45) is 0. The van der Waals surface area contributed by atoms with Gasteiger partial charge in [0.25, 0.3) is 0 Å². The second-order valence-electron chi connectivity index (χ2n) is 7.16. The lowest BCUT2D eigenvalue weighted by molar-refractivity contribution is -1.10. The molecule has 1 saturated heterocycles. The van der Waals surface area contributed by atoms with E-state index in [1.54, 1.807) is 0 Å². The first kappa shape index (κ1) is 13.9. The van der Waals surface area contributed by atoms with Crippen LogP contribution in [-0.4, -0.2) is 22.2 Å². The van der Waals surface area contributed by atoms with Crippen LogP contribution in [0.2, 0.25) is 0 Å². The molecule has 16 heavy (non-hydrogen) atoms. The third-order valence-electron chi connectivity index (χ3n) is 5.40. The normalized spacial score (nSPS) is 39.4. The first-order chi connectivity index (χ1) is 6.81. The van der Waals surface area contributed by atoms with E-state index < -0.39 is 22.2 Å². The fourth-order valence-electron chi connectivity index (χ4n) is 2.70. The zero-order chi connectivity index (χ0) is 13.2. The van der Waals surface area contributed by atoms with Crippen molar-refractivity contribution in [2.24, 2.45) is 0 Å². The second kappa shape index (κ2) is 3.19. The Morgan fingerprint density at radius 3 is 0.750 bits per heavy atom. The maximum atomic E-state index is 12.6. The summed E-state index contributed by atoms with van der Waals surface area (Å²) >= 11 is 0. The molecule has 0 aromatic heterocycles. The van der Waals surface area contributed by atoms with Gasteiger partial charge in [-0.25, -0.2) is 0 Å². The number of nitrogens with one attached hydrogen (secondary N) is 2. The molecule has 0 amide bonds. The van der Waals surface area contributed by atoms with Crippen LogP contribution < -0.4 is 10.1 Å². The molecule has 1 fully saturated rings. The molecule has 96 valence electrons. The van der Waals surface area contributed by atoms with Gasteiger partial charge in [-0.1, -0.05) is 0 Å². The van der Waals surface area contributed by atoms with Gasteiger partial charge in [-0.15, -0.1) is 0 Å². The number of piperazine rings is 1. The summed E-state index contributed by atoms with van der Waals surface area (Å²) < 4.78 is 0. The molecule has 4 heteroatoms. The van der Waals surface area contributed by atoms with Crippen LogP contribution in [0.25, 0.3) is 0 Å². The van der Waals surface area contributed by atoms with Gasteiger partial charge in [0.2, 0.25) is 0 Å². The van der Waals surface area contributed by atoms with Crippen molar-refractivity contribution in [3.63, 3.8) is 0 Å². The lowest BCUT2D eigenvalue weighted by Crippen LogP contribution is -3.43. The summed E-state index contributed by atoms with van der Waals surface area (Å²) in [5.74, 6) is 0. The van der Waals surface area contributed by atoms with E-state index in [4.69, 9.17) is 0 Å². The van der Waals surface area contributed by atoms with Crippen LogP contribution in [0.3, 0.4) is 0 Å². The lowest BCUT2D eigenvalue weighted by atomic mass is 9.68. The van der Waals surface area contributed by atoms with Crippen LogP contribution in [0.1, 0.15) is 55.4 Å². The minimum Gasteiger partial charge on any atom is -0.633 e. The van der Waals surface area contributed by atoms with Crippen molar-refractivity contribution in [2.75, 3.05) is 0 Å². The smallest absolute Gasteiger partial charge is 0.147 e. The molecule has 2 N–H and O–H groups in total. The molecule has 0 unspecified atom stereocenters. The molecule has 1 aliphatic heterocycles. The Morgan fingerprint density at radius 1 is 0.500 bits per heavy atom. The first-order valence-electron chi connectivity index (χ1n) is 5.91. The fourth-order valence-corrected chi connectivity index (χ4v) is 2.70. The largest absolute Gasteiger partial charge is 0.633 e. The molecular weight excluding hydrogens is 204 g/mol. The molecule has 0 saturated carbocycles. The molecule has 0 aromatic carbocycles. The quantitative estimate of drug-likeness (QED) is 0.570. The highest BCUT2D eigenvalue weighted by Gasteiger charge is 2.65. The molecule has 0 spiro atoms. The average Bonchev–Trinajstić information content (AvgIpc) is 2.13. The zero-order valence-corrected chi connectivity index (χ0v) is 11.8. The van der Waals surface area contributed by atoms with Crippen molar-refractivity contribution < 1.29 is 10.1 Å². The third-order valence-corrected chi connectivity index (χ3v) is 5.40. The van der Waals surface area contributed by atoms with Crippen molar-refractivity contribution in [3.05, 3.63) is 10.4 Å². The molecule has 0 bridgehead atoms. The van der Waals surface area contributed by atoms with E-state index in [1.165, 1.54) is 0 Å². The standard InChI is InChI=1S/C12H26N2O2/c1-9(2)10(3,4)14(16)12(7,8)11(5,6)13(9)15/h13-14H,1-8H3. The molecule has 1 aliphatic rings. The number of hydrogen-bond donors (Lipinski definition) is 2. The maximum absolute atomic E-state index is 12.6. The summed E-state index contributed by atoms with van der Waals surface area (Å²) in [4.78, 5) is 0. The summed E-state index contributed by atoms with van der Waals surface area (Å²) in [7, 11) is 0. The summed E-state index contributed by atoms with van der Waals surface area (Å²) in [6.45, 7) is 15.1. The van der Waals surface area contributed by atoms with E-state index >= 15 is 0 Å². The third kappa shape index (κ3) is 1.30. The van der Waals surface area contributed by atoms with E-state index in [0.717, 1.165) is 0 Å². The highest BCUT2D eigenvalue weighted by molar-refractivity contribution is 5.00. The van der Waals surface area contributed by atoms with Gasteiger partial charge in [0, 0.05) is 0 Å². The monoisotopic (exact) mass is 230 g/mol. The predicted octanol–water partition coefficient (Wildman–Crippen LogP) is -0.120. The number of rotatable bonds is 0. The molecular formula is C12H26N2O2. The second-order valence-corrected chi connectivity index (χ2v) is 7.16. The van der Waals surface area contributed by atoms with Gasteiger partial charge < -0.3 is 20.5 Å². The van der Waals surface area contributed by atoms with Crippen LogP contribution in [-0.2, 0) is 0 Å². The van der Waals surface area contributed by atoms with Crippen molar-refractivity contribution in [2.45, 2.75) is 77.5 Å². The van der Waals surface area contributed by atoms with E-state index in [0.29, 0.717) is 0 Å². The van der Waals surface area contributed by atoms with E-state index in [2.05, 4.69) is 0 Å². The Hall–Kier alpha value is -0.160. The SMILES string of the molecule is CC1(C)[NH+]([O-])C(C)(C)C(C)(C)[NH+]([O-])C1(C)C. The Balaban J connectivity index is 3.39. The predicted molar refractivity (Wildman–Crippen MR) is 65.0 cm³/mol. The van der Waals surface area contributed by atoms with Crippen LogP contribution >= 0.6 is 0 Å². The van der Waals surface area contributed by atoms with Crippen molar-refractivity contribution in [1.82, 2.24) is 0 Å². The zero-order valence-electron chi connectivity index (χ0n) is 11.8. The van der Waals surface area contributed by atoms with E-state index in [9.17, 15) is 10.4 Å². The Kier molecular flexibility index (Phi) is 2.77. The molecule has 0 aliphatic carbocycles. The number of hydroxylamine groups is 4. The van der Waals surface area contributed by atoms with Gasteiger partial charge in [-0.2, -0.15) is 0 Å². The van der Waals surface area contributed by atoms with Crippen molar-refractivity contribution in [3.8, 4) is 0 Å². The lowest BCUT2D eigenvalue weighted by Gasteiger charge is -2.68. The highest BCUT2D eigenvalue weighted by Crippen LogP contribution is 2.28. The number of hydrogen-bond acceptors (Lipinski definition) is 2. The minimum absolute atomic E-state index is 0.189. The highest BCUT2D eigenvalue weighted by atomic mass is 16.5. The summed E-state index contributed by atoms with van der Waals surface area (Å²) in [5, 5.41) is 25.6. The Labute approximate surface area is 98.8 Å². The molecule has 4 nitrogen and oxygen atoms in total. The van der Waals surface area contributed by atoms with Crippen molar-refractivity contribution in [1.29, 1.82) is 0 Å². The van der Waals surface area contributed by atoms with Gasteiger partial charge in [0.1, 0.15) is 22.2 Å². The molecule has 0 atom stereocenters.